The highest BCUT2D eigenvalue weighted by Gasteiger charge is 2.41. The van der Waals surface area contributed by atoms with E-state index in [1.54, 1.807) is 0 Å². The molecule has 0 bridgehead atoms. The second kappa shape index (κ2) is 9.94. The first-order valence-corrected chi connectivity index (χ1v) is 11.8. The first-order valence-electron chi connectivity index (χ1n) is 11.8. The zero-order chi connectivity index (χ0) is 25.8. The summed E-state index contributed by atoms with van der Waals surface area (Å²) in [4.78, 5) is 59.0. The number of nitrogens with zero attached hydrogens (tertiary/aromatic N) is 1. The van der Waals surface area contributed by atoms with Crippen molar-refractivity contribution in [3.8, 4) is 0 Å². The van der Waals surface area contributed by atoms with Gasteiger partial charge in [-0.2, -0.15) is 0 Å². The monoisotopic (exact) mass is 492 g/mol. The number of rotatable bonds is 7. The molecule has 37 heavy (non-hydrogen) atoms. The van der Waals surface area contributed by atoms with Gasteiger partial charge in [0.05, 0.1) is 12.0 Å². The molecule has 8 nitrogen and oxygen atoms in total. The Balaban J connectivity index is 1.86. The van der Waals surface area contributed by atoms with Crippen molar-refractivity contribution in [3.63, 3.8) is 0 Å². The van der Waals surface area contributed by atoms with E-state index in [1.165, 1.54) is 17.0 Å². The van der Waals surface area contributed by atoms with Gasteiger partial charge in [-0.3, -0.25) is 24.1 Å². The van der Waals surface area contributed by atoms with Gasteiger partial charge in [0.2, 0.25) is 0 Å². The van der Waals surface area contributed by atoms with Crippen LogP contribution in [-0.4, -0.2) is 19.5 Å². The molecule has 0 aliphatic carbocycles. The van der Waals surface area contributed by atoms with Crippen molar-refractivity contribution in [2.45, 2.75) is 18.4 Å². The minimum Gasteiger partial charge on any atom is -0.314 e. The van der Waals surface area contributed by atoms with E-state index in [9.17, 15) is 19.2 Å². The topological polar surface area (TPSA) is 121 Å². The SMILES string of the molecule is O=c1[nH]cc(C(Cc2ccccc2)(c2ccccc2)c2cn(Cc3ccccc3)c(=O)[nH]c2=O)c(=O)[nH]1. The van der Waals surface area contributed by atoms with Gasteiger partial charge in [0.1, 0.15) is 0 Å². The van der Waals surface area contributed by atoms with Gasteiger partial charge in [-0.1, -0.05) is 91.0 Å². The standard InChI is InChI=1S/C29H24N4O4/c34-25-23(17-30-27(36)31-25)29(22-14-8-3-9-15-22,16-20-10-4-1-5-11-20)24-19-33(28(37)32-26(24)35)18-21-12-6-2-7-13-21/h1-15,17,19H,16,18H2,(H,32,35,37)(H2,30,31,34,36). The van der Waals surface area contributed by atoms with E-state index in [0.717, 1.165) is 11.1 Å². The molecule has 3 aromatic carbocycles. The van der Waals surface area contributed by atoms with E-state index in [2.05, 4.69) is 15.0 Å². The van der Waals surface area contributed by atoms with E-state index in [1.807, 2.05) is 91.0 Å². The largest absolute Gasteiger partial charge is 0.328 e. The Bertz CT molecular complexity index is 1750. The molecule has 5 aromatic rings. The number of nitrogens with one attached hydrogen (secondary N) is 3. The highest BCUT2D eigenvalue weighted by molar-refractivity contribution is 5.49. The summed E-state index contributed by atoms with van der Waals surface area (Å²) in [6.07, 6.45) is 3.09. The molecule has 1 unspecified atom stereocenters. The summed E-state index contributed by atoms with van der Waals surface area (Å²) in [5, 5.41) is 0. The van der Waals surface area contributed by atoms with Crippen LogP contribution in [0, 0.1) is 0 Å². The Morgan fingerprint density at radius 3 is 1.84 bits per heavy atom. The predicted molar refractivity (Wildman–Crippen MR) is 141 cm³/mol. The fourth-order valence-electron chi connectivity index (χ4n) is 4.81. The van der Waals surface area contributed by atoms with Crippen LogP contribution in [0.4, 0.5) is 0 Å². The maximum absolute atomic E-state index is 13.6. The van der Waals surface area contributed by atoms with Crippen LogP contribution < -0.4 is 22.5 Å². The fourth-order valence-corrected chi connectivity index (χ4v) is 4.81. The summed E-state index contributed by atoms with van der Waals surface area (Å²) in [5.74, 6) is 0. The number of aromatic amines is 3. The second-order valence-corrected chi connectivity index (χ2v) is 8.83. The van der Waals surface area contributed by atoms with E-state index < -0.39 is 27.9 Å². The summed E-state index contributed by atoms with van der Waals surface area (Å²) < 4.78 is 1.43. The zero-order valence-electron chi connectivity index (χ0n) is 19.8. The van der Waals surface area contributed by atoms with Crippen LogP contribution in [0.3, 0.4) is 0 Å². The van der Waals surface area contributed by atoms with Crippen LogP contribution in [0.25, 0.3) is 0 Å². The molecule has 0 saturated carbocycles. The van der Waals surface area contributed by atoms with Crippen LogP contribution in [0.1, 0.15) is 27.8 Å². The minimum absolute atomic E-state index is 0.178. The Morgan fingerprint density at radius 2 is 1.22 bits per heavy atom. The molecule has 0 fully saturated rings. The van der Waals surface area contributed by atoms with Gasteiger partial charge in [-0.05, 0) is 23.1 Å². The lowest BCUT2D eigenvalue weighted by Crippen LogP contribution is -2.45. The number of H-pyrrole nitrogens is 3. The number of hydrogen-bond acceptors (Lipinski definition) is 4. The van der Waals surface area contributed by atoms with E-state index in [0.29, 0.717) is 5.56 Å². The quantitative estimate of drug-likeness (QED) is 0.323. The van der Waals surface area contributed by atoms with Gasteiger partial charge < -0.3 is 4.98 Å². The minimum atomic E-state index is -1.33. The lowest BCUT2D eigenvalue weighted by Gasteiger charge is -2.34. The normalized spacial score (nSPS) is 12.6. The summed E-state index contributed by atoms with van der Waals surface area (Å²) in [6.45, 7) is 0.224. The van der Waals surface area contributed by atoms with Crippen molar-refractivity contribution in [1.29, 1.82) is 0 Å². The maximum atomic E-state index is 13.6. The zero-order valence-corrected chi connectivity index (χ0v) is 19.8. The molecule has 0 aliphatic heterocycles. The van der Waals surface area contributed by atoms with E-state index >= 15 is 0 Å². The van der Waals surface area contributed by atoms with E-state index in [4.69, 9.17) is 0 Å². The molecule has 184 valence electrons. The highest BCUT2D eigenvalue weighted by atomic mass is 16.2. The number of benzene rings is 3. The first-order chi connectivity index (χ1) is 18.0. The van der Waals surface area contributed by atoms with Gasteiger partial charge in [0, 0.05) is 23.5 Å². The predicted octanol–water partition coefficient (Wildman–Crippen LogP) is 2.54. The van der Waals surface area contributed by atoms with Gasteiger partial charge >= 0.3 is 11.4 Å². The third-order valence-corrected chi connectivity index (χ3v) is 6.52. The maximum Gasteiger partial charge on any atom is 0.328 e. The van der Waals surface area contributed by atoms with Crippen LogP contribution in [0.2, 0.25) is 0 Å². The lowest BCUT2D eigenvalue weighted by molar-refractivity contribution is 0.571. The molecule has 0 saturated heterocycles. The van der Waals surface area contributed by atoms with Crippen LogP contribution in [0.5, 0.6) is 0 Å². The molecule has 0 spiro atoms. The molecular weight excluding hydrogens is 468 g/mol. The molecule has 2 aromatic heterocycles. The summed E-state index contributed by atoms with van der Waals surface area (Å²) in [5.41, 5.74) is -1.01. The molecule has 0 radical (unpaired) electrons. The van der Waals surface area contributed by atoms with Crippen LogP contribution in [0.15, 0.2) is 123 Å². The molecule has 0 aliphatic rings. The van der Waals surface area contributed by atoms with Gasteiger partial charge in [-0.25, -0.2) is 9.59 Å². The van der Waals surface area contributed by atoms with Gasteiger partial charge in [-0.15, -0.1) is 0 Å². The van der Waals surface area contributed by atoms with Gasteiger partial charge in [0.25, 0.3) is 11.1 Å². The molecule has 8 heteroatoms. The Labute approximate surface area is 210 Å². The van der Waals surface area contributed by atoms with Crippen molar-refractivity contribution in [2.75, 3.05) is 0 Å². The summed E-state index contributed by atoms with van der Waals surface area (Å²) in [7, 11) is 0. The van der Waals surface area contributed by atoms with Crippen molar-refractivity contribution in [2.24, 2.45) is 0 Å². The number of hydrogen-bond donors (Lipinski definition) is 3. The third kappa shape index (κ3) is 4.64. The second-order valence-electron chi connectivity index (χ2n) is 8.83. The highest BCUT2D eigenvalue weighted by Crippen LogP contribution is 2.38. The summed E-state index contributed by atoms with van der Waals surface area (Å²) in [6, 6.07) is 28.0. The smallest absolute Gasteiger partial charge is 0.314 e. The van der Waals surface area contributed by atoms with Crippen LogP contribution >= 0.6 is 0 Å². The van der Waals surface area contributed by atoms with Crippen LogP contribution in [-0.2, 0) is 18.4 Å². The summed E-state index contributed by atoms with van der Waals surface area (Å²) >= 11 is 0. The molecule has 0 amide bonds. The molecule has 2 heterocycles. The fraction of sp³-hybridized carbons (Fsp3) is 0.103. The Kier molecular flexibility index (Phi) is 6.38. The van der Waals surface area contributed by atoms with Crippen molar-refractivity contribution in [3.05, 3.63) is 173 Å². The molecule has 1 atom stereocenters. The van der Waals surface area contributed by atoms with Crippen molar-refractivity contribution < 1.29 is 0 Å². The molecule has 5 rings (SSSR count). The lowest BCUT2D eigenvalue weighted by atomic mass is 9.67. The first kappa shape index (κ1) is 23.7. The number of aromatic nitrogens is 4. The van der Waals surface area contributed by atoms with Crippen molar-refractivity contribution >= 4 is 0 Å². The Morgan fingerprint density at radius 1 is 0.649 bits per heavy atom. The van der Waals surface area contributed by atoms with Gasteiger partial charge in [0.15, 0.2) is 0 Å². The third-order valence-electron chi connectivity index (χ3n) is 6.52. The molecular formula is C29H24N4O4. The average Bonchev–Trinajstić information content (AvgIpc) is 2.91. The van der Waals surface area contributed by atoms with Crippen molar-refractivity contribution in [1.82, 2.24) is 19.5 Å². The average molecular weight is 493 g/mol. The molecule has 3 N–H and O–H groups in total. The van der Waals surface area contributed by atoms with E-state index in [-0.39, 0.29) is 24.1 Å². The Hall–Kier alpha value is -4.98.